The second-order valence-electron chi connectivity index (χ2n) is 5.67. The molecule has 1 unspecified atom stereocenters. The minimum Gasteiger partial charge on any atom is -0.491 e. The number of anilines is 1. The van der Waals surface area contributed by atoms with Crippen molar-refractivity contribution in [2.45, 2.75) is 5.41 Å². The zero-order chi connectivity index (χ0) is 16.0. The molecule has 2 amide bonds. The van der Waals surface area contributed by atoms with Crippen LogP contribution in [0.1, 0.15) is 11.1 Å². The molecule has 0 radical (unpaired) electrons. The Kier molecular flexibility index (Phi) is 2.89. The van der Waals surface area contributed by atoms with E-state index in [1.54, 1.807) is 0 Å². The summed E-state index contributed by atoms with van der Waals surface area (Å²) in [5.74, 6) is 5.30. The highest BCUT2D eigenvalue weighted by Crippen LogP contribution is 2.51. The van der Waals surface area contributed by atoms with Crippen LogP contribution < -0.4 is 20.9 Å². The summed E-state index contributed by atoms with van der Waals surface area (Å²) >= 11 is 0. The van der Waals surface area contributed by atoms with Crippen LogP contribution in [0.3, 0.4) is 0 Å². The predicted molar refractivity (Wildman–Crippen MR) is 83.8 cm³/mol. The Hall–Kier alpha value is -2.86. The molecule has 2 aromatic carbocycles. The topological polar surface area (TPSA) is 84.7 Å². The Bertz CT molecular complexity index is 820. The molecule has 23 heavy (non-hydrogen) atoms. The average molecular weight is 309 g/mol. The third kappa shape index (κ3) is 1.72. The molecule has 0 bridgehead atoms. The lowest BCUT2D eigenvalue weighted by Crippen LogP contribution is -2.47. The molecule has 6 heteroatoms. The SMILES string of the molecule is NNC(=O)CN1C(=O)C2(COc3ccccc32)c2ccccc21. The second-order valence-corrected chi connectivity index (χ2v) is 5.67. The van der Waals surface area contributed by atoms with Gasteiger partial charge in [-0.1, -0.05) is 36.4 Å². The summed E-state index contributed by atoms with van der Waals surface area (Å²) < 4.78 is 5.77. The van der Waals surface area contributed by atoms with Gasteiger partial charge in [-0.25, -0.2) is 5.84 Å². The number of fused-ring (bicyclic) bond motifs is 4. The molecule has 2 aliphatic heterocycles. The number of hydrazine groups is 1. The first kappa shape index (κ1) is 13.8. The monoisotopic (exact) mass is 309 g/mol. The summed E-state index contributed by atoms with van der Waals surface area (Å²) in [4.78, 5) is 26.4. The molecular formula is C17H15N3O3. The first-order chi connectivity index (χ1) is 11.2. The first-order valence-electron chi connectivity index (χ1n) is 7.31. The Morgan fingerprint density at radius 2 is 1.87 bits per heavy atom. The Morgan fingerprint density at radius 3 is 2.65 bits per heavy atom. The van der Waals surface area contributed by atoms with E-state index in [1.165, 1.54) is 4.90 Å². The number of benzene rings is 2. The lowest BCUT2D eigenvalue weighted by Gasteiger charge is -2.22. The number of nitrogens with one attached hydrogen (secondary N) is 1. The fourth-order valence-corrected chi connectivity index (χ4v) is 3.48. The number of ether oxygens (including phenoxy) is 1. The molecular weight excluding hydrogens is 294 g/mol. The molecule has 6 nitrogen and oxygen atoms in total. The van der Waals surface area contributed by atoms with E-state index in [2.05, 4.69) is 5.43 Å². The lowest BCUT2D eigenvalue weighted by atomic mass is 9.77. The van der Waals surface area contributed by atoms with Gasteiger partial charge >= 0.3 is 0 Å². The normalized spacial score (nSPS) is 21.1. The number of amides is 2. The average Bonchev–Trinajstić information content (AvgIpc) is 3.09. The molecule has 0 saturated heterocycles. The fraction of sp³-hybridized carbons (Fsp3) is 0.176. The van der Waals surface area contributed by atoms with Gasteiger partial charge in [0.05, 0.1) is 0 Å². The van der Waals surface area contributed by atoms with Crippen molar-refractivity contribution in [3.05, 3.63) is 59.7 Å². The van der Waals surface area contributed by atoms with Gasteiger partial charge in [-0.05, 0) is 17.7 Å². The van der Waals surface area contributed by atoms with Gasteiger partial charge in [-0.2, -0.15) is 0 Å². The van der Waals surface area contributed by atoms with E-state index in [-0.39, 0.29) is 19.1 Å². The van der Waals surface area contributed by atoms with E-state index >= 15 is 0 Å². The first-order valence-corrected chi connectivity index (χ1v) is 7.31. The van der Waals surface area contributed by atoms with Crippen molar-refractivity contribution < 1.29 is 14.3 Å². The smallest absolute Gasteiger partial charge is 0.253 e. The summed E-state index contributed by atoms with van der Waals surface area (Å²) in [6, 6.07) is 15.0. The van der Waals surface area contributed by atoms with Crippen LogP contribution in [0.25, 0.3) is 0 Å². The maximum atomic E-state index is 13.2. The van der Waals surface area contributed by atoms with E-state index in [4.69, 9.17) is 10.6 Å². The maximum Gasteiger partial charge on any atom is 0.253 e. The number of hydrogen-bond donors (Lipinski definition) is 2. The van der Waals surface area contributed by atoms with Crippen molar-refractivity contribution in [2.24, 2.45) is 5.84 Å². The highest BCUT2D eigenvalue weighted by Gasteiger charge is 2.56. The summed E-state index contributed by atoms with van der Waals surface area (Å²) in [5.41, 5.74) is 3.62. The van der Waals surface area contributed by atoms with Gasteiger partial charge in [0, 0.05) is 11.3 Å². The third-order valence-corrected chi connectivity index (χ3v) is 4.52. The summed E-state index contributed by atoms with van der Waals surface area (Å²) in [6.45, 7) is 0.124. The van der Waals surface area contributed by atoms with E-state index < -0.39 is 11.3 Å². The lowest BCUT2D eigenvalue weighted by molar-refractivity contribution is -0.125. The molecule has 4 rings (SSSR count). The largest absolute Gasteiger partial charge is 0.491 e. The van der Waals surface area contributed by atoms with Crippen molar-refractivity contribution in [3.63, 3.8) is 0 Å². The van der Waals surface area contributed by atoms with Crippen LogP contribution >= 0.6 is 0 Å². The number of carbonyl (C=O) groups is 2. The minimum atomic E-state index is -0.887. The van der Waals surface area contributed by atoms with Gasteiger partial charge in [0.2, 0.25) is 5.91 Å². The molecule has 116 valence electrons. The van der Waals surface area contributed by atoms with Gasteiger partial charge in [-0.3, -0.25) is 15.0 Å². The molecule has 2 heterocycles. The summed E-state index contributed by atoms with van der Waals surface area (Å²) in [6.07, 6.45) is 0. The predicted octanol–water partition coefficient (Wildman–Crippen LogP) is 0.702. The van der Waals surface area contributed by atoms with Crippen LogP contribution in [0.4, 0.5) is 5.69 Å². The van der Waals surface area contributed by atoms with E-state index in [1.807, 2.05) is 48.5 Å². The zero-order valence-corrected chi connectivity index (χ0v) is 12.3. The van der Waals surface area contributed by atoms with Gasteiger partial charge in [0.1, 0.15) is 24.3 Å². The van der Waals surface area contributed by atoms with Gasteiger partial charge in [0.15, 0.2) is 0 Å². The molecule has 0 aliphatic carbocycles. The van der Waals surface area contributed by atoms with Crippen molar-refractivity contribution in [2.75, 3.05) is 18.1 Å². The molecule has 0 aromatic heterocycles. The van der Waals surface area contributed by atoms with E-state index in [0.29, 0.717) is 5.75 Å². The van der Waals surface area contributed by atoms with Crippen LogP contribution in [0.2, 0.25) is 0 Å². The second kappa shape index (κ2) is 4.82. The third-order valence-electron chi connectivity index (χ3n) is 4.52. The van der Waals surface area contributed by atoms with E-state index in [9.17, 15) is 9.59 Å². The maximum absolute atomic E-state index is 13.2. The van der Waals surface area contributed by atoms with Crippen molar-refractivity contribution >= 4 is 17.5 Å². The quantitative estimate of drug-likeness (QED) is 0.486. The highest BCUT2D eigenvalue weighted by atomic mass is 16.5. The fourth-order valence-electron chi connectivity index (χ4n) is 3.48. The van der Waals surface area contributed by atoms with Gasteiger partial charge in [-0.15, -0.1) is 0 Å². The van der Waals surface area contributed by atoms with Gasteiger partial charge in [0.25, 0.3) is 5.91 Å². The summed E-state index contributed by atoms with van der Waals surface area (Å²) in [5, 5.41) is 0. The Balaban J connectivity index is 1.90. The Morgan fingerprint density at radius 1 is 1.17 bits per heavy atom. The van der Waals surface area contributed by atoms with Gasteiger partial charge < -0.3 is 9.64 Å². The van der Waals surface area contributed by atoms with Crippen molar-refractivity contribution in [1.82, 2.24) is 5.43 Å². The van der Waals surface area contributed by atoms with Crippen LogP contribution in [0, 0.1) is 0 Å². The molecule has 3 N–H and O–H groups in total. The van der Waals surface area contributed by atoms with E-state index in [0.717, 1.165) is 16.8 Å². The molecule has 2 aliphatic rings. The van der Waals surface area contributed by atoms with Crippen molar-refractivity contribution in [3.8, 4) is 5.75 Å². The van der Waals surface area contributed by atoms with Crippen LogP contribution in [-0.2, 0) is 15.0 Å². The minimum absolute atomic E-state index is 0.115. The van der Waals surface area contributed by atoms with Crippen LogP contribution in [0.15, 0.2) is 48.5 Å². The number of nitrogens with zero attached hydrogens (tertiary/aromatic N) is 1. The molecule has 0 saturated carbocycles. The van der Waals surface area contributed by atoms with Crippen LogP contribution in [0.5, 0.6) is 5.75 Å². The number of hydrogen-bond acceptors (Lipinski definition) is 4. The number of rotatable bonds is 2. The number of carbonyl (C=O) groups excluding carboxylic acids is 2. The van der Waals surface area contributed by atoms with Crippen molar-refractivity contribution in [1.29, 1.82) is 0 Å². The highest BCUT2D eigenvalue weighted by molar-refractivity contribution is 6.13. The molecule has 1 spiro atoms. The van der Waals surface area contributed by atoms with Crippen LogP contribution in [-0.4, -0.2) is 25.0 Å². The standard InChI is InChI=1S/C17H15N3O3/c18-19-15(21)9-20-13-7-3-1-5-11(13)17(16(20)22)10-23-14-8-4-2-6-12(14)17/h1-8H,9-10,18H2,(H,19,21). The number of nitrogens with two attached hydrogens (primary N) is 1. The molecule has 0 fully saturated rings. The summed E-state index contributed by atoms with van der Waals surface area (Å²) in [7, 11) is 0. The molecule has 2 aromatic rings. The molecule has 1 atom stereocenters. The Labute approximate surface area is 132 Å². The number of para-hydroxylation sites is 2. The zero-order valence-electron chi connectivity index (χ0n) is 12.3.